The molecule has 2 heteroatoms. The largest absolute Gasteiger partial charge is 0.134 e. The second kappa shape index (κ2) is 12.0. The lowest BCUT2D eigenvalue weighted by molar-refractivity contribution is 0.539. The van der Waals surface area contributed by atoms with Gasteiger partial charge in [-0.2, -0.15) is 0 Å². The molecular formula is C29H38S2. The van der Waals surface area contributed by atoms with Crippen LogP contribution in [0.5, 0.6) is 0 Å². The normalized spacial score (nSPS) is 11.9. The maximum absolute atomic E-state index is 2.46. The van der Waals surface area contributed by atoms with Crippen molar-refractivity contribution in [2.75, 3.05) is 0 Å². The molecule has 0 fully saturated rings. The van der Waals surface area contributed by atoms with Crippen LogP contribution in [-0.4, -0.2) is 0 Å². The first-order chi connectivity index (χ1) is 15.4. The molecule has 0 spiro atoms. The highest BCUT2D eigenvalue weighted by Gasteiger charge is 2.11. The van der Waals surface area contributed by atoms with Crippen molar-refractivity contribution in [2.45, 2.75) is 96.8 Å². The Balaban J connectivity index is 1.14. The summed E-state index contributed by atoms with van der Waals surface area (Å²) in [5.74, 6) is 0. The highest BCUT2D eigenvalue weighted by Crippen LogP contribution is 2.44. The van der Waals surface area contributed by atoms with Crippen molar-refractivity contribution in [1.29, 1.82) is 0 Å². The molecule has 0 unspecified atom stereocenters. The van der Waals surface area contributed by atoms with Gasteiger partial charge in [0.25, 0.3) is 0 Å². The molecule has 0 aliphatic rings. The zero-order valence-electron chi connectivity index (χ0n) is 19.3. The first kappa shape index (κ1) is 22.8. The van der Waals surface area contributed by atoms with Crippen LogP contribution >= 0.6 is 22.7 Å². The van der Waals surface area contributed by atoms with Gasteiger partial charge in [-0.05, 0) is 30.5 Å². The van der Waals surface area contributed by atoms with Gasteiger partial charge in [0.15, 0.2) is 0 Å². The lowest BCUT2D eigenvalue weighted by Gasteiger charge is -2.04. The number of benzene rings is 2. The second-order valence-corrected chi connectivity index (χ2v) is 11.3. The summed E-state index contributed by atoms with van der Waals surface area (Å²) >= 11 is 3.94. The number of unbranched alkanes of at least 4 members (excludes halogenated alkanes) is 12. The van der Waals surface area contributed by atoms with Gasteiger partial charge in [0.05, 0.1) is 9.40 Å². The SMILES string of the molecule is CCCCCCCCCCCCCCCc1ccc2c(c1)sc1c3ccccc3sc21. The average Bonchev–Trinajstić information content (AvgIpc) is 3.32. The van der Waals surface area contributed by atoms with Gasteiger partial charge in [0.1, 0.15) is 0 Å². The van der Waals surface area contributed by atoms with Crippen molar-refractivity contribution in [3.05, 3.63) is 48.0 Å². The Morgan fingerprint density at radius 3 is 1.77 bits per heavy atom. The second-order valence-electron chi connectivity index (χ2n) is 9.18. The van der Waals surface area contributed by atoms with Crippen molar-refractivity contribution in [3.8, 4) is 0 Å². The van der Waals surface area contributed by atoms with Crippen molar-refractivity contribution in [3.63, 3.8) is 0 Å². The third kappa shape index (κ3) is 6.11. The fraction of sp³-hybridized carbons (Fsp3) is 0.517. The Bertz CT molecular complexity index is 1070. The predicted octanol–water partition coefficient (Wildman–Crippen LogP) is 10.9. The first-order valence-electron chi connectivity index (χ1n) is 12.7. The molecule has 0 N–H and O–H groups in total. The maximum atomic E-state index is 2.46. The van der Waals surface area contributed by atoms with Crippen LogP contribution in [0.3, 0.4) is 0 Å². The van der Waals surface area contributed by atoms with Crippen LogP contribution < -0.4 is 0 Å². The summed E-state index contributed by atoms with van der Waals surface area (Å²) < 4.78 is 5.85. The quantitative estimate of drug-likeness (QED) is 0.168. The molecule has 0 radical (unpaired) electrons. The van der Waals surface area contributed by atoms with E-state index in [1.54, 1.807) is 0 Å². The fourth-order valence-corrected chi connectivity index (χ4v) is 7.47. The van der Waals surface area contributed by atoms with Gasteiger partial charge in [-0.25, -0.2) is 0 Å². The molecule has 166 valence electrons. The van der Waals surface area contributed by atoms with E-state index in [0.717, 1.165) is 0 Å². The monoisotopic (exact) mass is 450 g/mol. The van der Waals surface area contributed by atoms with Crippen LogP contribution in [0.4, 0.5) is 0 Å². The van der Waals surface area contributed by atoms with Gasteiger partial charge in [0.2, 0.25) is 0 Å². The summed E-state index contributed by atoms with van der Waals surface area (Å²) in [6.07, 6.45) is 19.8. The van der Waals surface area contributed by atoms with E-state index in [1.807, 2.05) is 22.7 Å². The molecule has 2 aromatic heterocycles. The number of hydrogen-bond acceptors (Lipinski definition) is 2. The zero-order chi connectivity index (χ0) is 21.3. The smallest absolute Gasteiger partial charge is 0.0542 e. The standard InChI is InChI=1S/C29H38S2/c1-2-3-4-5-6-7-8-9-10-11-12-13-14-17-23-20-21-25-27(22-23)31-28-24-18-15-16-19-26(24)30-29(25)28/h15-16,18-22H,2-14,17H2,1H3. The number of thiophene rings is 2. The summed E-state index contributed by atoms with van der Waals surface area (Å²) in [7, 11) is 0. The molecule has 31 heavy (non-hydrogen) atoms. The minimum atomic E-state index is 1.24. The molecular weight excluding hydrogens is 412 g/mol. The van der Waals surface area contributed by atoms with E-state index < -0.39 is 0 Å². The third-order valence-corrected chi connectivity index (χ3v) is 9.14. The van der Waals surface area contributed by atoms with E-state index >= 15 is 0 Å². The van der Waals surface area contributed by atoms with E-state index in [0.29, 0.717) is 0 Å². The molecule has 4 rings (SSSR count). The molecule has 0 bridgehead atoms. The molecule has 0 aliphatic carbocycles. The van der Waals surface area contributed by atoms with Crippen LogP contribution in [0, 0.1) is 0 Å². The highest BCUT2D eigenvalue weighted by molar-refractivity contribution is 7.36. The van der Waals surface area contributed by atoms with Crippen LogP contribution in [0.15, 0.2) is 42.5 Å². The van der Waals surface area contributed by atoms with Gasteiger partial charge in [0, 0.05) is 20.2 Å². The summed E-state index contributed by atoms with van der Waals surface area (Å²) in [6, 6.07) is 16.1. The molecule has 0 atom stereocenters. The fourth-order valence-electron chi connectivity index (χ4n) is 4.75. The van der Waals surface area contributed by atoms with E-state index in [-0.39, 0.29) is 0 Å². The van der Waals surface area contributed by atoms with Crippen LogP contribution in [0.2, 0.25) is 0 Å². The number of aryl methyl sites for hydroxylation is 1. The van der Waals surface area contributed by atoms with Crippen molar-refractivity contribution < 1.29 is 0 Å². The summed E-state index contributed by atoms with van der Waals surface area (Å²) in [4.78, 5) is 0. The predicted molar refractivity (Wildman–Crippen MR) is 144 cm³/mol. The summed E-state index contributed by atoms with van der Waals surface area (Å²) in [5.41, 5.74) is 1.52. The van der Waals surface area contributed by atoms with Crippen molar-refractivity contribution in [2.24, 2.45) is 0 Å². The highest BCUT2D eigenvalue weighted by atomic mass is 32.1. The van der Waals surface area contributed by atoms with E-state index in [1.165, 1.54) is 125 Å². The topological polar surface area (TPSA) is 0 Å². The molecule has 0 saturated carbocycles. The molecule has 4 aromatic rings. The van der Waals surface area contributed by atoms with Crippen molar-refractivity contribution in [1.82, 2.24) is 0 Å². The molecule has 0 aliphatic heterocycles. The number of fused-ring (bicyclic) bond motifs is 5. The zero-order valence-corrected chi connectivity index (χ0v) is 20.9. The van der Waals surface area contributed by atoms with E-state index in [9.17, 15) is 0 Å². The van der Waals surface area contributed by atoms with Gasteiger partial charge >= 0.3 is 0 Å². The minimum Gasteiger partial charge on any atom is -0.134 e. The molecule has 0 saturated heterocycles. The third-order valence-electron chi connectivity index (χ3n) is 6.62. The average molecular weight is 451 g/mol. The Morgan fingerprint density at radius 1 is 0.548 bits per heavy atom. The Labute approximate surface area is 196 Å². The van der Waals surface area contributed by atoms with E-state index in [2.05, 4.69) is 49.4 Å². The number of hydrogen-bond donors (Lipinski definition) is 0. The Kier molecular flexibility index (Phi) is 8.84. The van der Waals surface area contributed by atoms with Crippen LogP contribution in [0.25, 0.3) is 29.6 Å². The van der Waals surface area contributed by atoms with Crippen LogP contribution in [-0.2, 0) is 6.42 Å². The Morgan fingerprint density at radius 2 is 1.10 bits per heavy atom. The summed E-state index contributed by atoms with van der Waals surface area (Å²) in [5, 5.41) is 2.89. The lowest BCUT2D eigenvalue weighted by Crippen LogP contribution is -1.86. The molecule has 2 heterocycles. The maximum Gasteiger partial charge on any atom is 0.0542 e. The van der Waals surface area contributed by atoms with Gasteiger partial charge in [-0.15, -0.1) is 22.7 Å². The summed E-state index contributed by atoms with van der Waals surface area (Å²) in [6.45, 7) is 2.30. The van der Waals surface area contributed by atoms with Crippen molar-refractivity contribution >= 4 is 52.2 Å². The van der Waals surface area contributed by atoms with Crippen LogP contribution in [0.1, 0.15) is 96.0 Å². The Hall–Kier alpha value is -1.38. The van der Waals surface area contributed by atoms with E-state index in [4.69, 9.17) is 0 Å². The molecule has 0 amide bonds. The first-order valence-corrected chi connectivity index (χ1v) is 14.3. The lowest BCUT2D eigenvalue weighted by atomic mass is 10.0. The molecule has 2 aromatic carbocycles. The van der Waals surface area contributed by atoms with Gasteiger partial charge in [-0.1, -0.05) is 114 Å². The van der Waals surface area contributed by atoms with Gasteiger partial charge in [-0.3, -0.25) is 0 Å². The molecule has 0 nitrogen and oxygen atoms in total. The number of rotatable bonds is 14. The van der Waals surface area contributed by atoms with Gasteiger partial charge < -0.3 is 0 Å². The minimum absolute atomic E-state index is 1.24.